The van der Waals surface area contributed by atoms with Crippen molar-refractivity contribution in [3.8, 4) is 0 Å². The SMILES string of the molecule is O=C(O)[C@H]1O[C@H]1C(=O)O. The molecule has 5 nitrogen and oxygen atoms in total. The maximum Gasteiger partial charge on any atom is 0.336 e. The number of ether oxygens (including phenoxy) is 1. The average Bonchev–Trinajstić information content (AvgIpc) is 2.39. The summed E-state index contributed by atoms with van der Waals surface area (Å²) in [6.07, 6.45) is -2.25. The van der Waals surface area contributed by atoms with Gasteiger partial charge in [-0.15, -0.1) is 0 Å². The molecule has 9 heavy (non-hydrogen) atoms. The first-order valence-electron chi connectivity index (χ1n) is 2.24. The van der Waals surface area contributed by atoms with E-state index in [4.69, 9.17) is 10.2 Å². The zero-order valence-corrected chi connectivity index (χ0v) is 4.27. The summed E-state index contributed by atoms with van der Waals surface area (Å²) in [7, 11) is 0. The molecule has 1 saturated heterocycles. The normalized spacial score (nSPS) is 31.6. The van der Waals surface area contributed by atoms with Crippen molar-refractivity contribution in [2.24, 2.45) is 0 Å². The lowest BCUT2D eigenvalue weighted by atomic mass is 10.3. The third kappa shape index (κ3) is 0.996. The van der Waals surface area contributed by atoms with Crippen LogP contribution in [0.1, 0.15) is 0 Å². The molecule has 1 aliphatic rings. The van der Waals surface area contributed by atoms with Crippen molar-refractivity contribution in [3.63, 3.8) is 0 Å². The summed E-state index contributed by atoms with van der Waals surface area (Å²) in [5.74, 6) is -2.44. The molecule has 2 N–H and O–H groups in total. The third-order valence-electron chi connectivity index (χ3n) is 0.978. The first-order valence-corrected chi connectivity index (χ1v) is 2.24. The summed E-state index contributed by atoms with van der Waals surface area (Å²) < 4.78 is 4.24. The van der Waals surface area contributed by atoms with E-state index in [2.05, 4.69) is 4.74 Å². The van der Waals surface area contributed by atoms with Crippen molar-refractivity contribution in [1.29, 1.82) is 0 Å². The lowest BCUT2D eigenvalue weighted by Gasteiger charge is -1.78. The second-order valence-corrected chi connectivity index (χ2v) is 1.65. The van der Waals surface area contributed by atoms with Gasteiger partial charge in [0.25, 0.3) is 0 Å². The van der Waals surface area contributed by atoms with Crippen LogP contribution in [-0.4, -0.2) is 34.4 Å². The van der Waals surface area contributed by atoms with Gasteiger partial charge in [0.05, 0.1) is 0 Å². The van der Waals surface area contributed by atoms with Crippen LogP contribution in [0.25, 0.3) is 0 Å². The Balaban J connectivity index is 2.42. The Hall–Kier alpha value is -1.10. The number of epoxide rings is 1. The van der Waals surface area contributed by atoms with Gasteiger partial charge in [0.1, 0.15) is 0 Å². The number of aliphatic carboxylic acids is 2. The highest BCUT2D eigenvalue weighted by Gasteiger charge is 2.50. The van der Waals surface area contributed by atoms with Gasteiger partial charge in [-0.25, -0.2) is 9.59 Å². The largest absolute Gasteiger partial charge is 0.479 e. The monoisotopic (exact) mass is 132 g/mol. The van der Waals surface area contributed by atoms with Gasteiger partial charge in [0.15, 0.2) is 12.2 Å². The molecule has 50 valence electrons. The first kappa shape index (κ1) is 6.03. The smallest absolute Gasteiger partial charge is 0.336 e. The van der Waals surface area contributed by atoms with Gasteiger partial charge in [-0.1, -0.05) is 0 Å². The molecule has 0 radical (unpaired) electrons. The molecule has 0 aliphatic carbocycles. The van der Waals surface area contributed by atoms with Crippen LogP contribution in [0.15, 0.2) is 0 Å². The van der Waals surface area contributed by atoms with Crippen molar-refractivity contribution in [1.82, 2.24) is 0 Å². The quantitative estimate of drug-likeness (QED) is 0.467. The lowest BCUT2D eigenvalue weighted by Crippen LogP contribution is -2.14. The van der Waals surface area contributed by atoms with E-state index in [1.165, 1.54) is 0 Å². The molecule has 0 aromatic rings. The molecule has 0 aromatic carbocycles. The van der Waals surface area contributed by atoms with Crippen LogP contribution in [0.3, 0.4) is 0 Å². The van der Waals surface area contributed by atoms with Gasteiger partial charge >= 0.3 is 11.9 Å². The van der Waals surface area contributed by atoms with Crippen molar-refractivity contribution < 1.29 is 24.5 Å². The molecule has 2 atom stereocenters. The molecule has 0 amide bonds. The van der Waals surface area contributed by atoms with E-state index >= 15 is 0 Å². The second-order valence-electron chi connectivity index (χ2n) is 1.65. The van der Waals surface area contributed by atoms with Crippen LogP contribution in [0, 0.1) is 0 Å². The Morgan fingerprint density at radius 3 is 1.56 bits per heavy atom. The maximum absolute atomic E-state index is 9.89. The highest BCUT2D eigenvalue weighted by molar-refractivity contribution is 5.87. The molecule has 0 aromatic heterocycles. The molecule has 1 aliphatic heterocycles. The topological polar surface area (TPSA) is 87.1 Å². The predicted molar refractivity (Wildman–Crippen MR) is 23.9 cm³/mol. The first-order chi connectivity index (χ1) is 4.13. The van der Waals surface area contributed by atoms with Gasteiger partial charge < -0.3 is 14.9 Å². The van der Waals surface area contributed by atoms with E-state index in [1.54, 1.807) is 0 Å². The number of hydrogen-bond donors (Lipinski definition) is 2. The Morgan fingerprint density at radius 2 is 1.44 bits per heavy atom. The van der Waals surface area contributed by atoms with Gasteiger partial charge in [0.2, 0.25) is 0 Å². The summed E-state index contributed by atoms with van der Waals surface area (Å²) in [5, 5.41) is 16.2. The summed E-state index contributed by atoms with van der Waals surface area (Å²) in [6.45, 7) is 0. The van der Waals surface area contributed by atoms with Crippen LogP contribution in [-0.2, 0) is 14.3 Å². The maximum atomic E-state index is 9.89. The molecule has 0 bridgehead atoms. The van der Waals surface area contributed by atoms with Crippen LogP contribution in [0.4, 0.5) is 0 Å². The predicted octanol–water partition coefficient (Wildman–Crippen LogP) is -1.08. The molecule has 1 rings (SSSR count). The van der Waals surface area contributed by atoms with Gasteiger partial charge in [-0.3, -0.25) is 0 Å². The van der Waals surface area contributed by atoms with Crippen molar-refractivity contribution in [2.75, 3.05) is 0 Å². The molecule has 5 heteroatoms. The summed E-state index contributed by atoms with van der Waals surface area (Å²) in [4.78, 5) is 19.8. The number of carboxylic acid groups (broad SMARTS) is 2. The minimum atomic E-state index is -1.22. The molecule has 1 heterocycles. The highest BCUT2D eigenvalue weighted by atomic mass is 16.6. The van der Waals surface area contributed by atoms with Gasteiger partial charge in [-0.05, 0) is 0 Å². The van der Waals surface area contributed by atoms with Crippen molar-refractivity contribution in [3.05, 3.63) is 0 Å². The minimum absolute atomic E-state index is 1.12. The number of rotatable bonds is 2. The Labute approximate surface area is 49.9 Å². The zero-order chi connectivity index (χ0) is 7.02. The molecule has 0 unspecified atom stereocenters. The van der Waals surface area contributed by atoms with E-state index in [0.717, 1.165) is 0 Å². The molecule has 1 fully saturated rings. The minimum Gasteiger partial charge on any atom is -0.479 e. The van der Waals surface area contributed by atoms with Crippen LogP contribution in [0.2, 0.25) is 0 Å². The summed E-state index contributed by atoms with van der Waals surface area (Å²) in [6, 6.07) is 0. The average molecular weight is 132 g/mol. The fourth-order valence-corrected chi connectivity index (χ4v) is 0.488. The third-order valence-corrected chi connectivity index (χ3v) is 0.978. The number of hydrogen-bond acceptors (Lipinski definition) is 3. The second kappa shape index (κ2) is 1.70. The van der Waals surface area contributed by atoms with E-state index < -0.39 is 24.1 Å². The lowest BCUT2D eigenvalue weighted by molar-refractivity contribution is -0.140. The van der Waals surface area contributed by atoms with Crippen molar-refractivity contribution in [2.45, 2.75) is 12.2 Å². The van der Waals surface area contributed by atoms with E-state index in [1.807, 2.05) is 0 Å². The van der Waals surface area contributed by atoms with Gasteiger partial charge in [0, 0.05) is 0 Å². The number of carboxylic acids is 2. The zero-order valence-electron chi connectivity index (χ0n) is 4.27. The van der Waals surface area contributed by atoms with Crippen LogP contribution >= 0.6 is 0 Å². The number of carbonyl (C=O) groups is 2. The van der Waals surface area contributed by atoms with Crippen LogP contribution < -0.4 is 0 Å². The fraction of sp³-hybridized carbons (Fsp3) is 0.500. The van der Waals surface area contributed by atoms with E-state index in [-0.39, 0.29) is 0 Å². The highest BCUT2D eigenvalue weighted by Crippen LogP contribution is 2.21. The van der Waals surface area contributed by atoms with E-state index in [0.29, 0.717) is 0 Å². The van der Waals surface area contributed by atoms with Crippen molar-refractivity contribution >= 4 is 11.9 Å². The molecular formula is C4H4O5. The molecular weight excluding hydrogens is 128 g/mol. The molecule has 0 spiro atoms. The summed E-state index contributed by atoms with van der Waals surface area (Å²) >= 11 is 0. The Bertz CT molecular complexity index is 144. The summed E-state index contributed by atoms with van der Waals surface area (Å²) in [5.41, 5.74) is 0. The van der Waals surface area contributed by atoms with Gasteiger partial charge in [-0.2, -0.15) is 0 Å². The fourth-order valence-electron chi connectivity index (χ4n) is 0.488. The standard InChI is InChI=1S/C4H4O5/c5-3(6)1-2(9-1)4(7)8/h1-2H,(H,5,6)(H,7,8)/t1-,2+. The molecule has 0 saturated carbocycles. The van der Waals surface area contributed by atoms with E-state index in [9.17, 15) is 9.59 Å². The Kier molecular flexibility index (Phi) is 1.14. The Morgan fingerprint density at radius 1 is 1.11 bits per heavy atom. The van der Waals surface area contributed by atoms with Crippen LogP contribution in [0.5, 0.6) is 0 Å².